The van der Waals surface area contributed by atoms with Gasteiger partial charge in [0, 0.05) is 18.8 Å². The highest BCUT2D eigenvalue weighted by molar-refractivity contribution is 5.92. The molecule has 1 aromatic rings. The fourth-order valence-electron chi connectivity index (χ4n) is 2.32. The molecule has 0 aromatic heterocycles. The van der Waals surface area contributed by atoms with Crippen LogP contribution in [0.4, 0.5) is 5.69 Å². The Balaban J connectivity index is 1.78. The molecule has 1 amide bonds. The van der Waals surface area contributed by atoms with Crippen LogP contribution in [0.3, 0.4) is 0 Å². The Bertz CT molecular complexity index is 426. The Hall–Kier alpha value is -1.59. The first kappa shape index (κ1) is 15.8. The Labute approximate surface area is 126 Å². The molecule has 2 N–H and O–H groups in total. The fraction of sp³-hybridized carbons (Fsp3) is 0.562. The summed E-state index contributed by atoms with van der Waals surface area (Å²) < 4.78 is 5.52. The SMILES string of the molecule is CCCOc1ccc(NC(=O)CN2CCCNCC2)cc1. The minimum atomic E-state index is 0.0409. The van der Waals surface area contributed by atoms with Gasteiger partial charge in [-0.2, -0.15) is 0 Å². The van der Waals surface area contributed by atoms with Crippen LogP contribution in [0.5, 0.6) is 5.75 Å². The van der Waals surface area contributed by atoms with Gasteiger partial charge in [-0.3, -0.25) is 9.69 Å². The number of hydrogen-bond acceptors (Lipinski definition) is 4. The van der Waals surface area contributed by atoms with Gasteiger partial charge in [0.1, 0.15) is 5.75 Å². The van der Waals surface area contributed by atoms with Crippen LogP contribution in [0, 0.1) is 0 Å². The fourth-order valence-corrected chi connectivity index (χ4v) is 2.32. The largest absolute Gasteiger partial charge is 0.494 e. The van der Waals surface area contributed by atoms with E-state index in [0.717, 1.165) is 50.5 Å². The van der Waals surface area contributed by atoms with Crippen molar-refractivity contribution in [3.8, 4) is 5.75 Å². The molecule has 0 radical (unpaired) electrons. The molecule has 116 valence electrons. The summed E-state index contributed by atoms with van der Waals surface area (Å²) in [6.07, 6.45) is 2.08. The van der Waals surface area contributed by atoms with E-state index in [1.54, 1.807) is 0 Å². The molecule has 5 heteroatoms. The summed E-state index contributed by atoms with van der Waals surface area (Å²) in [4.78, 5) is 14.2. The third kappa shape index (κ3) is 5.73. The van der Waals surface area contributed by atoms with Crippen molar-refractivity contribution in [3.63, 3.8) is 0 Å². The lowest BCUT2D eigenvalue weighted by atomic mass is 10.3. The topological polar surface area (TPSA) is 53.6 Å². The molecule has 0 saturated carbocycles. The van der Waals surface area contributed by atoms with Crippen molar-refractivity contribution in [3.05, 3.63) is 24.3 Å². The summed E-state index contributed by atoms with van der Waals surface area (Å²) in [5.41, 5.74) is 0.816. The number of carbonyl (C=O) groups is 1. The van der Waals surface area contributed by atoms with E-state index >= 15 is 0 Å². The third-order valence-corrected chi connectivity index (χ3v) is 3.41. The van der Waals surface area contributed by atoms with Gasteiger partial charge in [-0.1, -0.05) is 6.92 Å². The number of rotatable bonds is 6. The predicted molar refractivity (Wildman–Crippen MR) is 84.8 cm³/mol. The van der Waals surface area contributed by atoms with Crippen molar-refractivity contribution in [1.29, 1.82) is 0 Å². The minimum Gasteiger partial charge on any atom is -0.494 e. The van der Waals surface area contributed by atoms with E-state index in [2.05, 4.69) is 22.5 Å². The van der Waals surface area contributed by atoms with Crippen LogP contribution >= 0.6 is 0 Å². The van der Waals surface area contributed by atoms with Gasteiger partial charge in [-0.25, -0.2) is 0 Å². The normalized spacial score (nSPS) is 16.2. The van der Waals surface area contributed by atoms with Gasteiger partial charge in [-0.05, 0) is 50.2 Å². The maximum atomic E-state index is 12.0. The van der Waals surface area contributed by atoms with Crippen molar-refractivity contribution >= 4 is 11.6 Å². The molecule has 0 unspecified atom stereocenters. The molecule has 2 rings (SSSR count). The highest BCUT2D eigenvalue weighted by Gasteiger charge is 2.12. The summed E-state index contributed by atoms with van der Waals surface area (Å²) in [5.74, 6) is 0.882. The van der Waals surface area contributed by atoms with Crippen LogP contribution in [-0.4, -0.2) is 50.1 Å². The van der Waals surface area contributed by atoms with E-state index in [4.69, 9.17) is 4.74 Å². The molecule has 0 bridgehead atoms. The van der Waals surface area contributed by atoms with Gasteiger partial charge in [0.2, 0.25) is 5.91 Å². The Morgan fingerprint density at radius 3 is 2.86 bits per heavy atom. The lowest BCUT2D eigenvalue weighted by Crippen LogP contribution is -2.35. The minimum absolute atomic E-state index is 0.0409. The second-order valence-corrected chi connectivity index (χ2v) is 5.30. The van der Waals surface area contributed by atoms with E-state index in [1.807, 2.05) is 24.3 Å². The van der Waals surface area contributed by atoms with Crippen molar-refractivity contribution < 1.29 is 9.53 Å². The number of carbonyl (C=O) groups excluding carboxylic acids is 1. The average Bonchev–Trinajstić information content (AvgIpc) is 2.75. The lowest BCUT2D eigenvalue weighted by molar-refractivity contribution is -0.117. The average molecular weight is 291 g/mol. The van der Waals surface area contributed by atoms with Gasteiger partial charge in [0.15, 0.2) is 0 Å². The van der Waals surface area contributed by atoms with Crippen LogP contribution in [-0.2, 0) is 4.79 Å². The molecule has 1 heterocycles. The molecule has 1 aliphatic heterocycles. The quantitative estimate of drug-likeness (QED) is 0.838. The summed E-state index contributed by atoms with van der Waals surface area (Å²) >= 11 is 0. The molecule has 1 aliphatic rings. The first-order chi connectivity index (χ1) is 10.3. The molecular weight excluding hydrogens is 266 g/mol. The first-order valence-corrected chi connectivity index (χ1v) is 7.73. The maximum absolute atomic E-state index is 12.0. The number of nitrogens with one attached hydrogen (secondary N) is 2. The van der Waals surface area contributed by atoms with Gasteiger partial charge < -0.3 is 15.4 Å². The molecule has 0 aliphatic carbocycles. The Kier molecular flexibility index (Phi) is 6.50. The number of anilines is 1. The van der Waals surface area contributed by atoms with Crippen molar-refractivity contribution in [1.82, 2.24) is 10.2 Å². The van der Waals surface area contributed by atoms with Crippen LogP contribution < -0.4 is 15.4 Å². The van der Waals surface area contributed by atoms with E-state index in [0.29, 0.717) is 13.2 Å². The molecule has 1 fully saturated rings. The third-order valence-electron chi connectivity index (χ3n) is 3.41. The van der Waals surface area contributed by atoms with Crippen molar-refractivity contribution in [2.45, 2.75) is 19.8 Å². The van der Waals surface area contributed by atoms with Crippen LogP contribution in [0.1, 0.15) is 19.8 Å². The summed E-state index contributed by atoms with van der Waals surface area (Å²) in [5, 5.41) is 6.27. The molecule has 21 heavy (non-hydrogen) atoms. The van der Waals surface area contributed by atoms with Crippen LogP contribution in [0.25, 0.3) is 0 Å². The Morgan fingerprint density at radius 1 is 1.29 bits per heavy atom. The van der Waals surface area contributed by atoms with Crippen molar-refractivity contribution in [2.75, 3.05) is 44.6 Å². The number of amides is 1. The molecule has 1 aromatic carbocycles. The van der Waals surface area contributed by atoms with Gasteiger partial charge >= 0.3 is 0 Å². The van der Waals surface area contributed by atoms with E-state index in [-0.39, 0.29) is 5.91 Å². The van der Waals surface area contributed by atoms with E-state index in [1.165, 1.54) is 0 Å². The summed E-state index contributed by atoms with van der Waals surface area (Å²) in [7, 11) is 0. The predicted octanol–water partition coefficient (Wildman–Crippen LogP) is 1.71. The zero-order valence-corrected chi connectivity index (χ0v) is 12.7. The molecule has 1 saturated heterocycles. The number of nitrogens with zero attached hydrogens (tertiary/aromatic N) is 1. The maximum Gasteiger partial charge on any atom is 0.238 e. The standard InChI is InChI=1S/C16H25N3O2/c1-2-12-21-15-6-4-14(5-7-15)18-16(20)13-19-10-3-8-17-9-11-19/h4-7,17H,2-3,8-13H2,1H3,(H,18,20). The molecule has 0 spiro atoms. The summed E-state index contributed by atoms with van der Waals surface area (Å²) in [6, 6.07) is 7.54. The van der Waals surface area contributed by atoms with Crippen LogP contribution in [0.2, 0.25) is 0 Å². The zero-order chi connectivity index (χ0) is 14.9. The molecule has 0 atom stereocenters. The van der Waals surface area contributed by atoms with E-state index < -0.39 is 0 Å². The van der Waals surface area contributed by atoms with Crippen molar-refractivity contribution in [2.24, 2.45) is 0 Å². The van der Waals surface area contributed by atoms with E-state index in [9.17, 15) is 4.79 Å². The van der Waals surface area contributed by atoms with Gasteiger partial charge in [0.25, 0.3) is 0 Å². The van der Waals surface area contributed by atoms with Crippen LogP contribution in [0.15, 0.2) is 24.3 Å². The molecular formula is C16H25N3O2. The smallest absolute Gasteiger partial charge is 0.238 e. The number of hydrogen-bond donors (Lipinski definition) is 2. The van der Waals surface area contributed by atoms with Gasteiger partial charge in [0.05, 0.1) is 13.2 Å². The van der Waals surface area contributed by atoms with Gasteiger partial charge in [-0.15, -0.1) is 0 Å². The number of benzene rings is 1. The lowest BCUT2D eigenvalue weighted by Gasteiger charge is -2.18. The second kappa shape index (κ2) is 8.64. The monoisotopic (exact) mass is 291 g/mol. The highest BCUT2D eigenvalue weighted by atomic mass is 16.5. The first-order valence-electron chi connectivity index (χ1n) is 7.73. The zero-order valence-electron chi connectivity index (χ0n) is 12.7. The second-order valence-electron chi connectivity index (χ2n) is 5.30. The Morgan fingerprint density at radius 2 is 2.10 bits per heavy atom. The molecule has 5 nitrogen and oxygen atoms in total. The highest BCUT2D eigenvalue weighted by Crippen LogP contribution is 2.15. The summed E-state index contributed by atoms with van der Waals surface area (Å²) in [6.45, 7) is 7.15. The number of ether oxygens (including phenoxy) is 1.